The summed E-state index contributed by atoms with van der Waals surface area (Å²) in [6.07, 6.45) is 1.92. The van der Waals surface area contributed by atoms with Crippen molar-refractivity contribution in [2.24, 2.45) is 11.3 Å². The molecular weight excluding hydrogens is 452 g/mol. The Bertz CT molecular complexity index is 1080. The number of nitrogens with zero attached hydrogens (tertiary/aromatic N) is 1. The molecule has 1 unspecified atom stereocenters. The van der Waals surface area contributed by atoms with E-state index < -0.39 is 0 Å². The third-order valence-corrected chi connectivity index (χ3v) is 7.78. The third-order valence-electron chi connectivity index (χ3n) is 7.78. The van der Waals surface area contributed by atoms with Crippen LogP contribution in [0.25, 0.3) is 11.1 Å². The van der Waals surface area contributed by atoms with Crippen LogP contribution in [0.5, 0.6) is 5.75 Å². The highest BCUT2D eigenvalue weighted by molar-refractivity contribution is 5.70. The van der Waals surface area contributed by atoms with Gasteiger partial charge in [0.2, 0.25) is 0 Å². The molecule has 0 spiro atoms. The number of benzene rings is 2. The summed E-state index contributed by atoms with van der Waals surface area (Å²) in [7, 11) is 0. The molecule has 2 aromatic carbocycles. The van der Waals surface area contributed by atoms with Gasteiger partial charge in [0.05, 0.1) is 24.9 Å². The molecule has 0 radical (unpaired) electrons. The monoisotopic (exact) mass is 492 g/mol. The summed E-state index contributed by atoms with van der Waals surface area (Å²) in [5.74, 6) is 1.31. The number of rotatable bonds is 5. The number of piperidine rings is 3. The van der Waals surface area contributed by atoms with Crippen LogP contribution in [0.3, 0.4) is 0 Å². The molecule has 0 saturated carbocycles. The van der Waals surface area contributed by atoms with Gasteiger partial charge in [-0.15, -0.1) is 0 Å². The van der Waals surface area contributed by atoms with Crippen molar-refractivity contribution in [3.8, 4) is 16.9 Å². The molecule has 0 aliphatic carbocycles. The Labute approximate surface area is 215 Å². The zero-order chi connectivity index (χ0) is 25.5. The number of carbonyl (C=O) groups is 1. The van der Waals surface area contributed by atoms with Crippen LogP contribution in [-0.2, 0) is 16.1 Å². The molecule has 194 valence electrons. The quantitative estimate of drug-likeness (QED) is 0.559. The molecule has 0 aromatic heterocycles. The Balaban J connectivity index is 1.29. The molecule has 4 aliphatic heterocycles. The number of ether oxygens (including phenoxy) is 3. The number of alkyl carbamates (subject to hydrolysis) is 1. The largest absolute Gasteiger partial charge is 0.493 e. The van der Waals surface area contributed by atoms with Gasteiger partial charge in [-0.05, 0) is 75.4 Å². The van der Waals surface area contributed by atoms with Gasteiger partial charge in [-0.3, -0.25) is 4.90 Å². The van der Waals surface area contributed by atoms with Crippen molar-refractivity contribution in [2.75, 3.05) is 26.2 Å². The second kappa shape index (κ2) is 9.71. The predicted molar refractivity (Wildman–Crippen MR) is 141 cm³/mol. The van der Waals surface area contributed by atoms with Crippen molar-refractivity contribution in [3.05, 3.63) is 53.6 Å². The average Bonchev–Trinajstić information content (AvgIpc) is 2.85. The Kier molecular flexibility index (Phi) is 6.77. The van der Waals surface area contributed by atoms with Crippen LogP contribution in [0.2, 0.25) is 0 Å². The van der Waals surface area contributed by atoms with Crippen molar-refractivity contribution < 1.29 is 19.0 Å². The zero-order valence-electron chi connectivity index (χ0n) is 22.3. The summed E-state index contributed by atoms with van der Waals surface area (Å²) in [6, 6.07) is 14.6. The molecule has 6 nitrogen and oxygen atoms in total. The first-order valence-corrected chi connectivity index (χ1v) is 13.3. The van der Waals surface area contributed by atoms with E-state index in [9.17, 15) is 4.79 Å². The lowest BCUT2D eigenvalue weighted by Crippen LogP contribution is -2.53. The second-order valence-electron chi connectivity index (χ2n) is 12.3. The van der Waals surface area contributed by atoms with E-state index in [1.54, 1.807) is 0 Å². The minimum atomic E-state index is -0.322. The maximum atomic E-state index is 13.0. The molecular formula is C30H40N2O4. The molecule has 6 rings (SSSR count). The summed E-state index contributed by atoms with van der Waals surface area (Å²) >= 11 is 0. The fourth-order valence-electron chi connectivity index (χ4n) is 5.55. The van der Waals surface area contributed by atoms with Gasteiger partial charge in [-0.25, -0.2) is 4.79 Å². The van der Waals surface area contributed by atoms with Crippen LogP contribution < -0.4 is 10.1 Å². The molecule has 4 heterocycles. The van der Waals surface area contributed by atoms with E-state index >= 15 is 0 Å². The first-order chi connectivity index (χ1) is 17.1. The first kappa shape index (κ1) is 25.1. The van der Waals surface area contributed by atoms with Crippen molar-refractivity contribution in [2.45, 2.75) is 71.8 Å². The van der Waals surface area contributed by atoms with Gasteiger partial charge >= 0.3 is 6.09 Å². The van der Waals surface area contributed by atoms with E-state index in [-0.39, 0.29) is 29.3 Å². The lowest BCUT2D eigenvalue weighted by atomic mass is 9.78. The highest BCUT2D eigenvalue weighted by atomic mass is 16.6. The molecule has 2 bridgehead atoms. The van der Waals surface area contributed by atoms with Crippen LogP contribution in [0, 0.1) is 11.3 Å². The lowest BCUT2D eigenvalue weighted by Gasteiger charge is -2.44. The maximum absolute atomic E-state index is 13.0. The van der Waals surface area contributed by atoms with E-state index in [2.05, 4.69) is 87.3 Å². The van der Waals surface area contributed by atoms with E-state index in [0.717, 1.165) is 60.5 Å². The normalized spacial score (nSPS) is 26.6. The molecule has 1 amide bonds. The Morgan fingerprint density at radius 3 is 2.42 bits per heavy atom. The van der Waals surface area contributed by atoms with Crippen molar-refractivity contribution in [1.82, 2.24) is 10.2 Å². The number of fused-ring (bicyclic) bond motifs is 4. The minimum absolute atomic E-state index is 0.00549. The Morgan fingerprint density at radius 1 is 1.08 bits per heavy atom. The summed E-state index contributed by atoms with van der Waals surface area (Å²) in [5.41, 5.74) is 3.94. The molecule has 2 atom stereocenters. The second-order valence-corrected chi connectivity index (χ2v) is 12.3. The highest BCUT2D eigenvalue weighted by Gasteiger charge is 2.41. The Morgan fingerprint density at radius 2 is 1.78 bits per heavy atom. The molecule has 3 saturated heterocycles. The summed E-state index contributed by atoms with van der Waals surface area (Å²) in [6.45, 7) is 14.7. The smallest absolute Gasteiger partial charge is 0.407 e. The van der Waals surface area contributed by atoms with Crippen LogP contribution >= 0.6 is 0 Å². The SMILES string of the molecule is CC(C)(C)OCc1ccc(-c2ccc3c(c2)OCC(C)(C)C3NC(=O)O[C@@H]2CN3CCC2CC3)cc1. The van der Waals surface area contributed by atoms with Gasteiger partial charge in [-0.1, -0.05) is 50.2 Å². The number of amides is 1. The van der Waals surface area contributed by atoms with Gasteiger partial charge in [0.1, 0.15) is 11.9 Å². The number of hydrogen-bond acceptors (Lipinski definition) is 5. The van der Waals surface area contributed by atoms with Crippen LogP contribution in [0.4, 0.5) is 4.79 Å². The van der Waals surface area contributed by atoms with Gasteiger partial charge in [-0.2, -0.15) is 0 Å². The first-order valence-electron chi connectivity index (χ1n) is 13.3. The lowest BCUT2D eigenvalue weighted by molar-refractivity contribution is -0.0361. The van der Waals surface area contributed by atoms with E-state index in [0.29, 0.717) is 19.1 Å². The number of nitrogens with one attached hydrogen (secondary N) is 1. The van der Waals surface area contributed by atoms with Gasteiger partial charge in [0.25, 0.3) is 0 Å². The maximum Gasteiger partial charge on any atom is 0.407 e. The molecule has 4 aliphatic rings. The van der Waals surface area contributed by atoms with Crippen molar-refractivity contribution in [1.29, 1.82) is 0 Å². The van der Waals surface area contributed by atoms with Crippen molar-refractivity contribution >= 4 is 6.09 Å². The molecule has 1 N–H and O–H groups in total. The molecule has 2 aromatic rings. The van der Waals surface area contributed by atoms with Gasteiger partial charge in [0, 0.05) is 17.5 Å². The summed E-state index contributed by atoms with van der Waals surface area (Å²) < 4.78 is 18.0. The fourth-order valence-corrected chi connectivity index (χ4v) is 5.55. The Hall–Kier alpha value is -2.57. The standard InChI is InChI=1S/C30H40N2O4/c1-29(2,3)35-18-20-6-8-21(9-7-20)23-10-11-24-25(16-23)34-19-30(4,5)27(24)31-28(33)36-26-17-32-14-12-22(26)13-15-32/h6-11,16,22,26-27H,12-15,17-19H2,1-5H3,(H,31,33)/t26-,27?/m1/s1. The van der Waals surface area contributed by atoms with Crippen molar-refractivity contribution in [3.63, 3.8) is 0 Å². The van der Waals surface area contributed by atoms with Crippen LogP contribution in [0.1, 0.15) is 64.6 Å². The van der Waals surface area contributed by atoms with Gasteiger partial charge in [0.15, 0.2) is 0 Å². The summed E-state index contributed by atoms with van der Waals surface area (Å²) in [5, 5.41) is 3.19. The van der Waals surface area contributed by atoms with Crippen LogP contribution in [0.15, 0.2) is 42.5 Å². The van der Waals surface area contributed by atoms with Gasteiger partial charge < -0.3 is 19.5 Å². The van der Waals surface area contributed by atoms with E-state index in [4.69, 9.17) is 14.2 Å². The minimum Gasteiger partial charge on any atom is -0.493 e. The third kappa shape index (κ3) is 5.55. The van der Waals surface area contributed by atoms with E-state index in [1.807, 2.05) is 0 Å². The summed E-state index contributed by atoms with van der Waals surface area (Å²) in [4.78, 5) is 15.4. The number of carbonyl (C=O) groups excluding carboxylic acids is 1. The van der Waals surface area contributed by atoms with Crippen LogP contribution in [-0.4, -0.2) is 48.9 Å². The molecule has 36 heavy (non-hydrogen) atoms. The zero-order valence-corrected chi connectivity index (χ0v) is 22.3. The predicted octanol–water partition coefficient (Wildman–Crippen LogP) is 5.95. The molecule has 3 fully saturated rings. The topological polar surface area (TPSA) is 60.0 Å². The highest BCUT2D eigenvalue weighted by Crippen LogP contribution is 2.44. The number of hydrogen-bond donors (Lipinski definition) is 1. The molecule has 6 heteroatoms. The fraction of sp³-hybridized carbons (Fsp3) is 0.567. The van der Waals surface area contributed by atoms with E-state index in [1.165, 1.54) is 0 Å². The average molecular weight is 493 g/mol.